The van der Waals surface area contributed by atoms with Gasteiger partial charge >= 0.3 is 5.97 Å². The topological polar surface area (TPSA) is 68.3 Å². The predicted octanol–water partition coefficient (Wildman–Crippen LogP) is 2.84. The van der Waals surface area contributed by atoms with Crippen LogP contribution in [0.4, 0.5) is 5.69 Å². The molecule has 108 valence electrons. The van der Waals surface area contributed by atoms with Crippen LogP contribution in [0.5, 0.6) is 0 Å². The zero-order valence-corrected chi connectivity index (χ0v) is 12.1. The van der Waals surface area contributed by atoms with Crippen molar-refractivity contribution in [1.29, 1.82) is 0 Å². The van der Waals surface area contributed by atoms with E-state index in [4.69, 9.17) is 16.3 Å². The molecule has 0 atom stereocenters. The van der Waals surface area contributed by atoms with Crippen LogP contribution in [0.1, 0.15) is 15.9 Å². The highest BCUT2D eigenvalue weighted by molar-refractivity contribution is 6.33. The number of esters is 1. The van der Waals surface area contributed by atoms with Crippen LogP contribution in [-0.2, 0) is 9.53 Å². The molecule has 1 aromatic heterocycles. The first-order valence-corrected chi connectivity index (χ1v) is 6.57. The standard InChI is InChI=1S/C15H13ClN2O3/c1-10-4-5-13(12(16)7-10)18-14(19)9-21-15(20)11-3-2-6-17-8-11/h2-8H,9H2,1H3,(H,18,19). The van der Waals surface area contributed by atoms with Gasteiger partial charge in [0, 0.05) is 12.4 Å². The number of aromatic nitrogens is 1. The minimum atomic E-state index is -0.603. The number of anilines is 1. The molecule has 0 aliphatic rings. The maximum Gasteiger partial charge on any atom is 0.340 e. The number of carbonyl (C=O) groups excluding carboxylic acids is 2. The van der Waals surface area contributed by atoms with Crippen LogP contribution < -0.4 is 5.32 Å². The lowest BCUT2D eigenvalue weighted by Crippen LogP contribution is -2.21. The monoisotopic (exact) mass is 304 g/mol. The summed E-state index contributed by atoms with van der Waals surface area (Å²) in [4.78, 5) is 27.2. The van der Waals surface area contributed by atoms with Crippen molar-refractivity contribution in [3.05, 3.63) is 58.9 Å². The van der Waals surface area contributed by atoms with E-state index in [1.165, 1.54) is 6.20 Å². The van der Waals surface area contributed by atoms with E-state index in [0.29, 0.717) is 16.3 Å². The average Bonchev–Trinajstić information content (AvgIpc) is 2.48. The molecule has 6 heteroatoms. The van der Waals surface area contributed by atoms with E-state index in [0.717, 1.165) is 5.56 Å². The second-order valence-electron chi connectivity index (χ2n) is 4.35. The van der Waals surface area contributed by atoms with Crippen LogP contribution in [0.25, 0.3) is 0 Å². The molecule has 2 aromatic rings. The molecule has 0 aliphatic heterocycles. The van der Waals surface area contributed by atoms with E-state index in [1.54, 1.807) is 30.5 Å². The number of amides is 1. The number of carbonyl (C=O) groups is 2. The summed E-state index contributed by atoms with van der Waals surface area (Å²) in [6.45, 7) is 1.51. The van der Waals surface area contributed by atoms with E-state index in [9.17, 15) is 9.59 Å². The van der Waals surface area contributed by atoms with Crippen molar-refractivity contribution in [3.8, 4) is 0 Å². The maximum absolute atomic E-state index is 11.7. The molecule has 5 nitrogen and oxygen atoms in total. The number of nitrogens with zero attached hydrogens (tertiary/aromatic N) is 1. The Morgan fingerprint density at radius 3 is 2.81 bits per heavy atom. The van der Waals surface area contributed by atoms with Crippen LogP contribution in [0, 0.1) is 6.92 Å². The number of pyridine rings is 1. The van der Waals surface area contributed by atoms with Gasteiger partial charge in [-0.3, -0.25) is 9.78 Å². The zero-order chi connectivity index (χ0) is 15.2. The molecular weight excluding hydrogens is 292 g/mol. The number of halogens is 1. The first kappa shape index (κ1) is 15.0. The molecule has 1 N–H and O–H groups in total. The molecule has 1 heterocycles. The molecule has 0 radical (unpaired) electrons. The number of aryl methyl sites for hydroxylation is 1. The van der Waals surface area contributed by atoms with Gasteiger partial charge in [0.2, 0.25) is 0 Å². The van der Waals surface area contributed by atoms with Gasteiger partial charge in [-0.25, -0.2) is 4.79 Å². The second kappa shape index (κ2) is 6.85. The minimum absolute atomic E-state index is 0.290. The summed E-state index contributed by atoms with van der Waals surface area (Å²) < 4.78 is 4.89. The molecule has 21 heavy (non-hydrogen) atoms. The maximum atomic E-state index is 11.7. The Balaban J connectivity index is 1.89. The Morgan fingerprint density at radius 2 is 2.14 bits per heavy atom. The average molecular weight is 305 g/mol. The lowest BCUT2D eigenvalue weighted by Gasteiger charge is -2.08. The van der Waals surface area contributed by atoms with Gasteiger partial charge in [-0.15, -0.1) is 0 Å². The number of hydrogen-bond donors (Lipinski definition) is 1. The fourth-order valence-electron chi connectivity index (χ4n) is 1.61. The lowest BCUT2D eigenvalue weighted by atomic mass is 10.2. The number of ether oxygens (including phenoxy) is 1. The molecular formula is C15H13ClN2O3. The highest BCUT2D eigenvalue weighted by Gasteiger charge is 2.11. The highest BCUT2D eigenvalue weighted by atomic mass is 35.5. The molecule has 0 unspecified atom stereocenters. The molecule has 1 amide bonds. The molecule has 0 bridgehead atoms. The van der Waals surface area contributed by atoms with Crippen LogP contribution in [0.2, 0.25) is 5.02 Å². The number of hydrogen-bond acceptors (Lipinski definition) is 4. The fraction of sp³-hybridized carbons (Fsp3) is 0.133. The Labute approximate surface area is 126 Å². The molecule has 2 rings (SSSR count). The van der Waals surface area contributed by atoms with E-state index in [1.807, 2.05) is 13.0 Å². The van der Waals surface area contributed by atoms with Crippen LogP contribution in [-0.4, -0.2) is 23.5 Å². The Hall–Kier alpha value is -2.40. The van der Waals surface area contributed by atoms with Crippen molar-refractivity contribution >= 4 is 29.2 Å². The molecule has 0 spiro atoms. The highest BCUT2D eigenvalue weighted by Crippen LogP contribution is 2.22. The van der Waals surface area contributed by atoms with Gasteiger partial charge in [-0.2, -0.15) is 0 Å². The van der Waals surface area contributed by atoms with Crippen molar-refractivity contribution in [2.45, 2.75) is 6.92 Å². The van der Waals surface area contributed by atoms with E-state index in [2.05, 4.69) is 10.3 Å². The van der Waals surface area contributed by atoms with Crippen LogP contribution >= 0.6 is 11.6 Å². The zero-order valence-electron chi connectivity index (χ0n) is 11.3. The summed E-state index contributed by atoms with van der Waals surface area (Å²) >= 11 is 6.00. The Kier molecular flexibility index (Phi) is 4.90. The summed E-state index contributed by atoms with van der Waals surface area (Å²) in [6.07, 6.45) is 2.92. The molecule has 0 saturated carbocycles. The summed E-state index contributed by atoms with van der Waals surface area (Å²) in [5.41, 5.74) is 1.75. The van der Waals surface area contributed by atoms with Gasteiger partial charge < -0.3 is 10.1 Å². The Morgan fingerprint density at radius 1 is 1.33 bits per heavy atom. The Bertz CT molecular complexity index is 659. The van der Waals surface area contributed by atoms with Gasteiger partial charge in [-0.05, 0) is 36.8 Å². The van der Waals surface area contributed by atoms with Gasteiger partial charge in [0.1, 0.15) is 0 Å². The van der Waals surface area contributed by atoms with Crippen LogP contribution in [0.15, 0.2) is 42.7 Å². The summed E-state index contributed by atoms with van der Waals surface area (Å²) in [5, 5.41) is 3.01. The van der Waals surface area contributed by atoms with Gasteiger partial charge in [0.25, 0.3) is 5.91 Å². The third kappa shape index (κ3) is 4.29. The van der Waals surface area contributed by atoms with Crippen molar-refractivity contribution in [3.63, 3.8) is 0 Å². The number of nitrogens with one attached hydrogen (secondary N) is 1. The molecule has 0 fully saturated rings. The van der Waals surface area contributed by atoms with Crippen molar-refractivity contribution < 1.29 is 14.3 Å². The molecule has 1 aromatic carbocycles. The fourth-order valence-corrected chi connectivity index (χ4v) is 1.89. The first-order chi connectivity index (χ1) is 10.1. The first-order valence-electron chi connectivity index (χ1n) is 6.19. The second-order valence-corrected chi connectivity index (χ2v) is 4.76. The predicted molar refractivity (Wildman–Crippen MR) is 79.3 cm³/mol. The van der Waals surface area contributed by atoms with E-state index >= 15 is 0 Å². The van der Waals surface area contributed by atoms with Crippen molar-refractivity contribution in [2.75, 3.05) is 11.9 Å². The quantitative estimate of drug-likeness (QED) is 0.882. The smallest absolute Gasteiger partial charge is 0.340 e. The molecule has 0 saturated heterocycles. The lowest BCUT2D eigenvalue weighted by molar-refractivity contribution is -0.119. The number of rotatable bonds is 4. The van der Waals surface area contributed by atoms with Crippen molar-refractivity contribution in [2.24, 2.45) is 0 Å². The summed E-state index contributed by atoms with van der Waals surface area (Å²) in [6, 6.07) is 8.42. The molecule has 0 aliphatic carbocycles. The normalized spacial score (nSPS) is 10.0. The van der Waals surface area contributed by atoms with E-state index in [-0.39, 0.29) is 0 Å². The SMILES string of the molecule is Cc1ccc(NC(=O)COC(=O)c2cccnc2)c(Cl)c1. The summed E-state index contributed by atoms with van der Waals surface area (Å²) in [7, 11) is 0. The van der Waals surface area contributed by atoms with E-state index < -0.39 is 18.5 Å². The van der Waals surface area contributed by atoms with Gasteiger partial charge in [-0.1, -0.05) is 17.7 Å². The number of benzene rings is 1. The summed E-state index contributed by atoms with van der Waals surface area (Å²) in [5.74, 6) is -1.06. The van der Waals surface area contributed by atoms with Crippen molar-refractivity contribution in [1.82, 2.24) is 4.98 Å². The third-order valence-electron chi connectivity index (χ3n) is 2.63. The largest absolute Gasteiger partial charge is 0.452 e. The van der Waals surface area contributed by atoms with Crippen LogP contribution in [0.3, 0.4) is 0 Å². The third-order valence-corrected chi connectivity index (χ3v) is 2.94. The minimum Gasteiger partial charge on any atom is -0.452 e. The van der Waals surface area contributed by atoms with Gasteiger partial charge in [0.05, 0.1) is 16.3 Å². The van der Waals surface area contributed by atoms with Gasteiger partial charge in [0.15, 0.2) is 6.61 Å².